The lowest BCUT2D eigenvalue weighted by Crippen LogP contribution is -2.46. The quantitative estimate of drug-likeness (QED) is 0.750. The second kappa shape index (κ2) is 4.35. The van der Waals surface area contributed by atoms with E-state index >= 15 is 0 Å². The van der Waals surface area contributed by atoms with Gasteiger partial charge in [-0.15, -0.1) is 0 Å². The molecule has 0 N–H and O–H groups in total. The van der Waals surface area contributed by atoms with Gasteiger partial charge in [0.1, 0.15) is 0 Å². The standard InChI is InChI=1S/C13H16N2/c1-2-11-9-15(10-11)13-5-3-12(4-6-13)7-8-14/h3-6,11H,2,7,9-10H2,1H3. The van der Waals surface area contributed by atoms with Crippen molar-refractivity contribution in [3.8, 4) is 6.07 Å². The zero-order chi connectivity index (χ0) is 10.7. The van der Waals surface area contributed by atoms with Gasteiger partial charge in [0.2, 0.25) is 0 Å². The summed E-state index contributed by atoms with van der Waals surface area (Å²) in [6.07, 6.45) is 1.79. The summed E-state index contributed by atoms with van der Waals surface area (Å²) in [5, 5.41) is 8.56. The van der Waals surface area contributed by atoms with Gasteiger partial charge in [-0.1, -0.05) is 19.1 Å². The molecule has 1 fully saturated rings. The maximum atomic E-state index is 8.56. The third kappa shape index (κ3) is 2.12. The van der Waals surface area contributed by atoms with Crippen molar-refractivity contribution in [1.29, 1.82) is 5.26 Å². The van der Waals surface area contributed by atoms with Gasteiger partial charge >= 0.3 is 0 Å². The third-order valence-electron chi connectivity index (χ3n) is 3.12. The number of nitriles is 1. The van der Waals surface area contributed by atoms with Crippen LogP contribution in [-0.4, -0.2) is 13.1 Å². The van der Waals surface area contributed by atoms with Gasteiger partial charge in [-0.2, -0.15) is 5.26 Å². The second-order valence-corrected chi connectivity index (χ2v) is 4.18. The molecule has 0 aliphatic carbocycles. The molecule has 0 aromatic heterocycles. The normalized spacial score (nSPS) is 15.9. The van der Waals surface area contributed by atoms with E-state index in [0.717, 1.165) is 11.5 Å². The fourth-order valence-electron chi connectivity index (χ4n) is 1.95. The minimum atomic E-state index is 0.512. The van der Waals surface area contributed by atoms with Crippen LogP contribution in [0.1, 0.15) is 18.9 Å². The first kappa shape index (κ1) is 10.0. The smallest absolute Gasteiger partial charge is 0.0669 e. The lowest BCUT2D eigenvalue weighted by Gasteiger charge is -2.40. The number of rotatable bonds is 3. The Kier molecular flexibility index (Phi) is 2.91. The van der Waals surface area contributed by atoms with Crippen molar-refractivity contribution >= 4 is 5.69 Å². The van der Waals surface area contributed by atoms with E-state index in [-0.39, 0.29) is 0 Å². The van der Waals surface area contributed by atoms with Crippen molar-refractivity contribution in [3.63, 3.8) is 0 Å². The number of hydrogen-bond donors (Lipinski definition) is 0. The number of nitrogens with zero attached hydrogens (tertiary/aromatic N) is 2. The minimum Gasteiger partial charge on any atom is -0.371 e. The largest absolute Gasteiger partial charge is 0.371 e. The zero-order valence-corrected chi connectivity index (χ0v) is 9.11. The summed E-state index contributed by atoms with van der Waals surface area (Å²) in [6, 6.07) is 10.5. The number of anilines is 1. The molecule has 78 valence electrons. The van der Waals surface area contributed by atoms with Gasteiger partial charge in [0.25, 0.3) is 0 Å². The van der Waals surface area contributed by atoms with Gasteiger partial charge in [-0.05, 0) is 30.0 Å². The van der Waals surface area contributed by atoms with Crippen molar-refractivity contribution in [2.45, 2.75) is 19.8 Å². The average molecular weight is 200 g/mol. The Hall–Kier alpha value is -1.49. The van der Waals surface area contributed by atoms with Gasteiger partial charge in [0, 0.05) is 18.8 Å². The molecule has 1 heterocycles. The summed E-state index contributed by atoms with van der Waals surface area (Å²) >= 11 is 0. The summed E-state index contributed by atoms with van der Waals surface area (Å²) in [7, 11) is 0. The van der Waals surface area contributed by atoms with E-state index < -0.39 is 0 Å². The van der Waals surface area contributed by atoms with Crippen LogP contribution in [0.25, 0.3) is 0 Å². The van der Waals surface area contributed by atoms with Crippen molar-refractivity contribution in [3.05, 3.63) is 29.8 Å². The van der Waals surface area contributed by atoms with Crippen molar-refractivity contribution in [1.82, 2.24) is 0 Å². The zero-order valence-electron chi connectivity index (χ0n) is 9.11. The Bertz CT molecular complexity index is 355. The summed E-state index contributed by atoms with van der Waals surface area (Å²) in [5.41, 5.74) is 2.40. The van der Waals surface area contributed by atoms with Gasteiger partial charge in [-0.3, -0.25) is 0 Å². The molecule has 1 aliphatic heterocycles. The van der Waals surface area contributed by atoms with E-state index in [2.05, 4.69) is 42.2 Å². The van der Waals surface area contributed by atoms with E-state index in [1.54, 1.807) is 0 Å². The molecule has 0 radical (unpaired) electrons. The van der Waals surface area contributed by atoms with E-state index in [0.29, 0.717) is 6.42 Å². The van der Waals surface area contributed by atoms with Crippen LogP contribution >= 0.6 is 0 Å². The third-order valence-corrected chi connectivity index (χ3v) is 3.12. The molecule has 1 aliphatic rings. The van der Waals surface area contributed by atoms with Crippen LogP contribution in [0.2, 0.25) is 0 Å². The maximum absolute atomic E-state index is 8.56. The maximum Gasteiger partial charge on any atom is 0.0669 e. The minimum absolute atomic E-state index is 0.512. The number of hydrogen-bond acceptors (Lipinski definition) is 2. The summed E-state index contributed by atoms with van der Waals surface area (Å²) in [5.74, 6) is 0.879. The van der Waals surface area contributed by atoms with Crippen LogP contribution in [0.5, 0.6) is 0 Å². The Morgan fingerprint density at radius 1 is 1.33 bits per heavy atom. The molecule has 1 aromatic rings. The molecule has 1 aromatic carbocycles. The Balaban J connectivity index is 1.97. The van der Waals surface area contributed by atoms with Crippen molar-refractivity contribution < 1.29 is 0 Å². The first-order valence-electron chi connectivity index (χ1n) is 5.54. The highest BCUT2D eigenvalue weighted by Crippen LogP contribution is 2.26. The predicted molar refractivity (Wildman–Crippen MR) is 61.8 cm³/mol. The molecule has 0 amide bonds. The molecule has 2 heteroatoms. The Morgan fingerprint density at radius 3 is 2.53 bits per heavy atom. The van der Waals surface area contributed by atoms with Crippen LogP contribution in [0, 0.1) is 17.2 Å². The van der Waals surface area contributed by atoms with E-state index in [9.17, 15) is 0 Å². The van der Waals surface area contributed by atoms with E-state index in [4.69, 9.17) is 5.26 Å². The predicted octanol–water partition coefficient (Wildman–Crippen LogP) is 2.60. The Morgan fingerprint density at radius 2 is 2.00 bits per heavy atom. The SMILES string of the molecule is CCC1CN(c2ccc(CC#N)cc2)C1. The van der Waals surface area contributed by atoms with Gasteiger partial charge in [0.15, 0.2) is 0 Å². The van der Waals surface area contributed by atoms with Gasteiger partial charge in [0.05, 0.1) is 12.5 Å². The van der Waals surface area contributed by atoms with E-state index in [1.165, 1.54) is 25.2 Å². The second-order valence-electron chi connectivity index (χ2n) is 4.18. The highest BCUT2D eigenvalue weighted by Gasteiger charge is 2.24. The first-order chi connectivity index (χ1) is 7.33. The lowest BCUT2D eigenvalue weighted by molar-refractivity contribution is 0.399. The average Bonchev–Trinajstić information content (AvgIpc) is 2.19. The van der Waals surface area contributed by atoms with Crippen molar-refractivity contribution in [2.24, 2.45) is 5.92 Å². The highest BCUT2D eigenvalue weighted by atomic mass is 15.2. The Labute approximate surface area is 91.1 Å². The molecular formula is C13H16N2. The monoisotopic (exact) mass is 200 g/mol. The molecular weight excluding hydrogens is 184 g/mol. The van der Waals surface area contributed by atoms with Gasteiger partial charge in [-0.25, -0.2) is 0 Å². The van der Waals surface area contributed by atoms with E-state index in [1.807, 2.05) is 0 Å². The first-order valence-corrected chi connectivity index (χ1v) is 5.54. The topological polar surface area (TPSA) is 27.0 Å². The molecule has 0 spiro atoms. The molecule has 0 saturated carbocycles. The fourth-order valence-corrected chi connectivity index (χ4v) is 1.95. The number of benzene rings is 1. The summed E-state index contributed by atoms with van der Waals surface area (Å²) in [4.78, 5) is 2.39. The molecule has 1 saturated heterocycles. The van der Waals surface area contributed by atoms with Crippen LogP contribution in [0.4, 0.5) is 5.69 Å². The molecule has 2 nitrogen and oxygen atoms in total. The molecule has 0 unspecified atom stereocenters. The molecule has 15 heavy (non-hydrogen) atoms. The fraction of sp³-hybridized carbons (Fsp3) is 0.462. The molecule has 0 atom stereocenters. The van der Waals surface area contributed by atoms with Crippen LogP contribution < -0.4 is 4.90 Å². The van der Waals surface area contributed by atoms with Crippen LogP contribution in [0.3, 0.4) is 0 Å². The lowest BCUT2D eigenvalue weighted by atomic mass is 9.96. The summed E-state index contributed by atoms with van der Waals surface area (Å²) < 4.78 is 0. The molecule has 2 rings (SSSR count). The summed E-state index contributed by atoms with van der Waals surface area (Å²) in [6.45, 7) is 4.63. The van der Waals surface area contributed by atoms with Gasteiger partial charge < -0.3 is 4.90 Å². The van der Waals surface area contributed by atoms with Crippen molar-refractivity contribution in [2.75, 3.05) is 18.0 Å². The highest BCUT2D eigenvalue weighted by molar-refractivity contribution is 5.50. The van der Waals surface area contributed by atoms with Crippen LogP contribution in [-0.2, 0) is 6.42 Å². The molecule has 0 bridgehead atoms. The van der Waals surface area contributed by atoms with Crippen LogP contribution in [0.15, 0.2) is 24.3 Å².